The quantitative estimate of drug-likeness (QED) is 0.328. The van der Waals surface area contributed by atoms with Crippen molar-refractivity contribution in [3.63, 3.8) is 0 Å². The van der Waals surface area contributed by atoms with E-state index in [2.05, 4.69) is 0 Å². The van der Waals surface area contributed by atoms with Crippen molar-refractivity contribution in [1.29, 1.82) is 0 Å². The number of epoxide rings is 3. The lowest BCUT2D eigenvalue weighted by Crippen LogP contribution is -2.58. The summed E-state index contributed by atoms with van der Waals surface area (Å²) in [6.07, 6.45) is -1.67. The minimum Gasteiger partial charge on any atom is -0.371 e. The summed E-state index contributed by atoms with van der Waals surface area (Å²) in [6.45, 7) is 7.92. The lowest BCUT2D eigenvalue weighted by Gasteiger charge is -2.26. The third kappa shape index (κ3) is 5.81. The van der Waals surface area contributed by atoms with E-state index >= 15 is 0 Å². The Labute approximate surface area is 190 Å². The summed E-state index contributed by atoms with van der Waals surface area (Å²) >= 11 is 0. The minimum atomic E-state index is -0.860. The third-order valence-corrected chi connectivity index (χ3v) is 5.78. The Hall–Kier alpha value is -1.83. The maximum atomic E-state index is 13.5. The molecule has 6 unspecified atom stereocenters. The molecule has 1 aromatic rings. The first kappa shape index (κ1) is 24.3. The van der Waals surface area contributed by atoms with Crippen LogP contribution in [0.3, 0.4) is 0 Å². The molecule has 6 atom stereocenters. The number of rotatable bonds is 15. The van der Waals surface area contributed by atoms with E-state index in [9.17, 15) is 14.4 Å². The summed E-state index contributed by atoms with van der Waals surface area (Å²) in [5.74, 6) is 0. The number of ether oxygens (including phenoxy) is 6. The second-order valence-corrected chi connectivity index (χ2v) is 8.41. The fraction of sp³-hybridized carbons (Fsp3) is 0.857. The molecule has 3 saturated heterocycles. The van der Waals surface area contributed by atoms with E-state index in [0.717, 1.165) is 13.7 Å². The van der Waals surface area contributed by atoms with Crippen LogP contribution in [0.4, 0.5) is 0 Å². The Morgan fingerprint density at radius 1 is 0.636 bits per heavy atom. The van der Waals surface area contributed by atoms with Crippen LogP contribution in [0.2, 0.25) is 0 Å². The molecule has 4 heterocycles. The third-order valence-electron chi connectivity index (χ3n) is 5.78. The van der Waals surface area contributed by atoms with Gasteiger partial charge in [0.2, 0.25) is 0 Å². The lowest BCUT2D eigenvalue weighted by molar-refractivity contribution is -0.0484. The van der Waals surface area contributed by atoms with E-state index < -0.39 is 35.8 Å². The van der Waals surface area contributed by atoms with Gasteiger partial charge in [-0.2, -0.15) is 0 Å². The fourth-order valence-corrected chi connectivity index (χ4v) is 3.61. The monoisotopic (exact) mass is 471 g/mol. The Morgan fingerprint density at radius 2 is 0.879 bits per heavy atom. The van der Waals surface area contributed by atoms with Crippen LogP contribution in [0, 0.1) is 0 Å². The molecule has 0 aromatic carbocycles. The van der Waals surface area contributed by atoms with Gasteiger partial charge in [-0.25, -0.2) is 28.1 Å². The highest BCUT2D eigenvalue weighted by Gasteiger charge is 2.32. The molecule has 3 aliphatic rings. The summed E-state index contributed by atoms with van der Waals surface area (Å²) in [4.78, 5) is 40.5. The Morgan fingerprint density at radius 3 is 1.06 bits per heavy atom. The zero-order chi connectivity index (χ0) is 23.5. The molecule has 1 aromatic heterocycles. The first-order chi connectivity index (χ1) is 16.0. The van der Waals surface area contributed by atoms with Gasteiger partial charge >= 0.3 is 17.1 Å². The van der Waals surface area contributed by atoms with Gasteiger partial charge in [-0.1, -0.05) is 20.8 Å². The van der Waals surface area contributed by atoms with E-state index in [1.165, 1.54) is 0 Å². The molecule has 3 aliphatic heterocycles. The van der Waals surface area contributed by atoms with Crippen molar-refractivity contribution in [2.45, 2.75) is 77.0 Å². The molecule has 12 nitrogen and oxygen atoms in total. The molecule has 12 heteroatoms. The van der Waals surface area contributed by atoms with Crippen molar-refractivity contribution in [3.05, 3.63) is 31.5 Å². The highest BCUT2D eigenvalue weighted by molar-refractivity contribution is 4.85. The maximum Gasteiger partial charge on any atom is 0.340 e. The highest BCUT2D eigenvalue weighted by Crippen LogP contribution is 2.19. The summed E-state index contributed by atoms with van der Waals surface area (Å²) in [7, 11) is 0. The highest BCUT2D eigenvalue weighted by atomic mass is 16.6. The van der Waals surface area contributed by atoms with E-state index in [1.807, 2.05) is 0 Å². The van der Waals surface area contributed by atoms with Crippen molar-refractivity contribution < 1.29 is 28.4 Å². The van der Waals surface area contributed by atoms with Gasteiger partial charge in [-0.3, -0.25) is 0 Å². The lowest BCUT2D eigenvalue weighted by atomic mass is 10.3. The Kier molecular flexibility index (Phi) is 7.82. The van der Waals surface area contributed by atoms with Gasteiger partial charge < -0.3 is 28.4 Å². The van der Waals surface area contributed by atoms with Gasteiger partial charge in [0, 0.05) is 0 Å². The van der Waals surface area contributed by atoms with Gasteiger partial charge in [0.25, 0.3) is 0 Å². The van der Waals surface area contributed by atoms with Crippen LogP contribution in [-0.4, -0.2) is 71.7 Å². The van der Waals surface area contributed by atoms with Crippen LogP contribution in [0.15, 0.2) is 14.4 Å². The van der Waals surface area contributed by atoms with Gasteiger partial charge in [0.05, 0.1) is 39.6 Å². The molecule has 33 heavy (non-hydrogen) atoms. The van der Waals surface area contributed by atoms with Crippen molar-refractivity contribution in [1.82, 2.24) is 13.7 Å². The Balaban J connectivity index is 1.76. The van der Waals surface area contributed by atoms with Crippen molar-refractivity contribution in [2.75, 3.05) is 39.6 Å². The standard InChI is InChI=1S/C21H33N3O9/c1-4-16(31-10-13-7-28-13)22-19(25)23(17(5-2)32-11-14-8-29-14)21(27)24(20(22)26)18(6-3)33-12-15-9-30-15/h13-18H,4-12H2,1-3H3. The predicted molar refractivity (Wildman–Crippen MR) is 114 cm³/mol. The molecule has 186 valence electrons. The van der Waals surface area contributed by atoms with Crippen molar-refractivity contribution >= 4 is 0 Å². The van der Waals surface area contributed by atoms with Crippen LogP contribution >= 0.6 is 0 Å². The SMILES string of the molecule is CCC(OCC1CO1)n1c(=O)n(C(CC)OCC2CO2)c(=O)n(C(CC)OCC2CO2)c1=O. The van der Waals surface area contributed by atoms with Gasteiger partial charge in [-0.15, -0.1) is 0 Å². The largest absolute Gasteiger partial charge is 0.371 e. The van der Waals surface area contributed by atoms with Crippen LogP contribution in [0.1, 0.15) is 58.7 Å². The average molecular weight is 472 g/mol. The second kappa shape index (κ2) is 10.6. The summed E-state index contributed by atoms with van der Waals surface area (Å²) in [6, 6.07) is 0. The van der Waals surface area contributed by atoms with Gasteiger partial charge in [0.15, 0.2) is 0 Å². The van der Waals surface area contributed by atoms with E-state index in [1.54, 1.807) is 20.8 Å². The summed E-state index contributed by atoms with van der Waals surface area (Å²) < 4.78 is 36.0. The summed E-state index contributed by atoms with van der Waals surface area (Å²) in [5.41, 5.74) is -2.31. The number of hydrogen-bond donors (Lipinski definition) is 0. The van der Waals surface area contributed by atoms with E-state index in [0.29, 0.717) is 39.1 Å². The van der Waals surface area contributed by atoms with Crippen molar-refractivity contribution in [2.24, 2.45) is 0 Å². The molecule has 0 bridgehead atoms. The average Bonchev–Trinajstić information content (AvgIpc) is 3.64. The Bertz CT molecular complexity index is 821. The van der Waals surface area contributed by atoms with E-state index in [-0.39, 0.29) is 38.1 Å². The fourth-order valence-electron chi connectivity index (χ4n) is 3.61. The first-order valence-electron chi connectivity index (χ1n) is 11.7. The molecule has 0 radical (unpaired) electrons. The minimum absolute atomic E-state index is 0.0431. The molecule has 0 amide bonds. The van der Waals surface area contributed by atoms with Crippen LogP contribution in [0.5, 0.6) is 0 Å². The van der Waals surface area contributed by atoms with Gasteiger partial charge in [-0.05, 0) is 19.3 Å². The smallest absolute Gasteiger partial charge is 0.340 e. The molecule has 0 N–H and O–H groups in total. The zero-order valence-electron chi connectivity index (χ0n) is 19.3. The number of hydrogen-bond acceptors (Lipinski definition) is 9. The van der Waals surface area contributed by atoms with Crippen molar-refractivity contribution in [3.8, 4) is 0 Å². The zero-order valence-corrected chi connectivity index (χ0v) is 19.3. The van der Waals surface area contributed by atoms with E-state index in [4.69, 9.17) is 28.4 Å². The predicted octanol–water partition coefficient (Wildman–Crippen LogP) is 0.144. The van der Waals surface area contributed by atoms with Crippen LogP contribution in [-0.2, 0) is 28.4 Å². The molecule has 0 aliphatic carbocycles. The summed E-state index contributed by atoms with van der Waals surface area (Å²) in [5, 5.41) is 0. The molecular formula is C21H33N3O9. The molecule has 3 fully saturated rings. The number of nitrogens with zero attached hydrogens (tertiary/aromatic N) is 3. The van der Waals surface area contributed by atoms with Crippen LogP contribution < -0.4 is 17.1 Å². The molecule has 4 rings (SSSR count). The molecule has 0 saturated carbocycles. The normalized spacial score (nSPS) is 26.1. The van der Waals surface area contributed by atoms with Crippen LogP contribution in [0.25, 0.3) is 0 Å². The maximum absolute atomic E-state index is 13.5. The van der Waals surface area contributed by atoms with Gasteiger partial charge in [0.1, 0.15) is 37.0 Å². The molecular weight excluding hydrogens is 438 g/mol. The second-order valence-electron chi connectivity index (χ2n) is 8.41. The first-order valence-corrected chi connectivity index (χ1v) is 11.7. The number of aromatic nitrogens is 3. The topological polar surface area (TPSA) is 131 Å². The molecule has 0 spiro atoms.